The molecule has 5 nitrogen and oxygen atoms in total. The minimum absolute atomic E-state index is 0.342. The zero-order chi connectivity index (χ0) is 16.1. The number of carbonyl (C=O) groups is 1. The molecule has 0 aromatic heterocycles. The molecule has 0 saturated heterocycles. The zero-order valence-electron chi connectivity index (χ0n) is 14.1. The van der Waals surface area contributed by atoms with Crippen LogP contribution in [-0.4, -0.2) is 57.4 Å². The lowest BCUT2D eigenvalue weighted by atomic mass is 10.1. The number of esters is 1. The summed E-state index contributed by atoms with van der Waals surface area (Å²) in [5, 5.41) is 0. The summed E-state index contributed by atoms with van der Waals surface area (Å²) < 4.78 is 9.79. The quantitative estimate of drug-likeness (QED) is 0.339. The van der Waals surface area contributed by atoms with Crippen molar-refractivity contribution in [3.05, 3.63) is 11.6 Å². The first-order valence-electron chi connectivity index (χ1n) is 7.71. The van der Waals surface area contributed by atoms with Gasteiger partial charge in [0, 0.05) is 20.2 Å². The van der Waals surface area contributed by atoms with Gasteiger partial charge in [-0.2, -0.15) is 0 Å². The van der Waals surface area contributed by atoms with Gasteiger partial charge in [-0.1, -0.05) is 11.6 Å². The van der Waals surface area contributed by atoms with Gasteiger partial charge in [0.2, 0.25) is 0 Å². The first-order valence-corrected chi connectivity index (χ1v) is 7.71. The predicted octanol–water partition coefficient (Wildman–Crippen LogP) is 1.96. The SMILES string of the molecule is C/C=C(\C)CCCCN(CCOC)CCC(N)C(=O)OC. The van der Waals surface area contributed by atoms with Gasteiger partial charge in [0.15, 0.2) is 0 Å². The molecule has 0 aliphatic rings. The van der Waals surface area contributed by atoms with E-state index in [1.165, 1.54) is 19.1 Å². The maximum Gasteiger partial charge on any atom is 0.322 e. The van der Waals surface area contributed by atoms with Gasteiger partial charge in [-0.25, -0.2) is 0 Å². The molecule has 1 unspecified atom stereocenters. The van der Waals surface area contributed by atoms with Crippen LogP contribution in [0.3, 0.4) is 0 Å². The van der Waals surface area contributed by atoms with E-state index in [-0.39, 0.29) is 5.97 Å². The van der Waals surface area contributed by atoms with Gasteiger partial charge >= 0.3 is 5.97 Å². The summed E-state index contributed by atoms with van der Waals surface area (Å²) in [6.45, 7) is 7.61. The average molecular weight is 300 g/mol. The molecule has 0 amide bonds. The number of hydrogen-bond donors (Lipinski definition) is 1. The van der Waals surface area contributed by atoms with E-state index in [1.54, 1.807) is 7.11 Å². The van der Waals surface area contributed by atoms with Crippen LogP contribution in [0.5, 0.6) is 0 Å². The van der Waals surface area contributed by atoms with Gasteiger partial charge in [0.25, 0.3) is 0 Å². The maximum atomic E-state index is 11.3. The van der Waals surface area contributed by atoms with Crippen molar-refractivity contribution in [1.29, 1.82) is 0 Å². The zero-order valence-corrected chi connectivity index (χ0v) is 14.1. The molecular formula is C16H32N2O3. The van der Waals surface area contributed by atoms with Gasteiger partial charge in [-0.15, -0.1) is 0 Å². The normalized spacial score (nSPS) is 13.5. The molecule has 0 aliphatic carbocycles. The van der Waals surface area contributed by atoms with Crippen molar-refractivity contribution >= 4 is 5.97 Å². The molecule has 0 radical (unpaired) electrons. The summed E-state index contributed by atoms with van der Waals surface area (Å²) in [4.78, 5) is 13.6. The van der Waals surface area contributed by atoms with Crippen molar-refractivity contribution < 1.29 is 14.3 Å². The smallest absolute Gasteiger partial charge is 0.322 e. The highest BCUT2D eigenvalue weighted by atomic mass is 16.5. The molecule has 21 heavy (non-hydrogen) atoms. The fraction of sp³-hybridized carbons (Fsp3) is 0.812. The van der Waals surface area contributed by atoms with Crippen molar-refractivity contribution in [2.45, 2.75) is 45.6 Å². The van der Waals surface area contributed by atoms with Crippen LogP contribution in [-0.2, 0) is 14.3 Å². The lowest BCUT2D eigenvalue weighted by Gasteiger charge is -2.23. The summed E-state index contributed by atoms with van der Waals surface area (Å²) in [6.07, 6.45) is 6.25. The molecule has 0 saturated carbocycles. The monoisotopic (exact) mass is 300 g/mol. The minimum Gasteiger partial charge on any atom is -0.468 e. The van der Waals surface area contributed by atoms with Crippen LogP contribution in [0.1, 0.15) is 39.5 Å². The van der Waals surface area contributed by atoms with E-state index in [4.69, 9.17) is 10.5 Å². The Hall–Kier alpha value is -0.910. The van der Waals surface area contributed by atoms with Crippen LogP contribution >= 0.6 is 0 Å². The number of allylic oxidation sites excluding steroid dienone is 2. The largest absolute Gasteiger partial charge is 0.468 e. The van der Waals surface area contributed by atoms with E-state index in [0.29, 0.717) is 13.0 Å². The summed E-state index contributed by atoms with van der Waals surface area (Å²) in [5.74, 6) is -0.342. The van der Waals surface area contributed by atoms with Crippen LogP contribution in [0.2, 0.25) is 0 Å². The van der Waals surface area contributed by atoms with Crippen LogP contribution < -0.4 is 5.73 Å². The van der Waals surface area contributed by atoms with E-state index in [2.05, 4.69) is 29.6 Å². The number of nitrogens with two attached hydrogens (primary N) is 1. The minimum atomic E-state index is -0.537. The molecule has 0 rings (SSSR count). The molecule has 0 heterocycles. The van der Waals surface area contributed by atoms with Crippen molar-refractivity contribution in [2.75, 3.05) is 40.5 Å². The Bertz CT molecular complexity index is 306. The number of rotatable bonds is 12. The molecule has 0 fully saturated rings. The van der Waals surface area contributed by atoms with Crippen molar-refractivity contribution in [1.82, 2.24) is 4.90 Å². The van der Waals surface area contributed by atoms with E-state index in [1.807, 2.05) is 0 Å². The third-order valence-electron chi connectivity index (χ3n) is 3.66. The standard InChI is InChI=1S/C16H32N2O3/c1-5-14(2)8-6-7-10-18(12-13-20-3)11-9-15(17)16(19)21-4/h5,15H,6-13,17H2,1-4H3/b14-5+. The fourth-order valence-electron chi connectivity index (χ4n) is 2.03. The topological polar surface area (TPSA) is 64.8 Å². The molecule has 124 valence electrons. The van der Waals surface area contributed by atoms with Crippen molar-refractivity contribution in [3.63, 3.8) is 0 Å². The predicted molar refractivity (Wildman–Crippen MR) is 86.2 cm³/mol. The van der Waals surface area contributed by atoms with Crippen molar-refractivity contribution in [3.8, 4) is 0 Å². The van der Waals surface area contributed by atoms with Gasteiger partial charge < -0.3 is 20.1 Å². The second-order valence-corrected chi connectivity index (χ2v) is 5.34. The number of methoxy groups -OCH3 is 2. The second kappa shape index (κ2) is 12.8. The third-order valence-corrected chi connectivity index (χ3v) is 3.66. The Morgan fingerprint density at radius 2 is 1.95 bits per heavy atom. The maximum absolute atomic E-state index is 11.3. The molecular weight excluding hydrogens is 268 g/mol. The van der Waals surface area contributed by atoms with E-state index in [9.17, 15) is 4.79 Å². The highest BCUT2D eigenvalue weighted by Crippen LogP contribution is 2.07. The van der Waals surface area contributed by atoms with E-state index in [0.717, 1.165) is 32.5 Å². The number of unbranched alkanes of at least 4 members (excludes halogenated alkanes) is 1. The van der Waals surface area contributed by atoms with Crippen molar-refractivity contribution in [2.24, 2.45) is 5.73 Å². The number of carbonyl (C=O) groups excluding carboxylic acids is 1. The third kappa shape index (κ3) is 10.5. The summed E-state index contributed by atoms with van der Waals surface area (Å²) in [5.41, 5.74) is 7.21. The first kappa shape index (κ1) is 20.1. The molecule has 0 aromatic carbocycles. The fourth-order valence-corrected chi connectivity index (χ4v) is 2.03. The Morgan fingerprint density at radius 3 is 2.52 bits per heavy atom. The number of hydrogen-bond acceptors (Lipinski definition) is 5. The summed E-state index contributed by atoms with van der Waals surface area (Å²) in [6, 6.07) is -0.537. The first-order chi connectivity index (χ1) is 10.0. The molecule has 1 atom stereocenters. The van der Waals surface area contributed by atoms with Gasteiger partial charge in [0.1, 0.15) is 6.04 Å². The Kier molecular flexibility index (Phi) is 12.2. The summed E-state index contributed by atoms with van der Waals surface area (Å²) >= 11 is 0. The molecule has 0 spiro atoms. The van der Waals surface area contributed by atoms with Crippen LogP contribution in [0.15, 0.2) is 11.6 Å². The average Bonchev–Trinajstić information content (AvgIpc) is 2.51. The summed E-state index contributed by atoms with van der Waals surface area (Å²) in [7, 11) is 3.07. The van der Waals surface area contributed by atoms with Crippen LogP contribution in [0, 0.1) is 0 Å². The molecule has 0 bridgehead atoms. The molecule has 2 N–H and O–H groups in total. The molecule has 5 heteroatoms. The lowest BCUT2D eigenvalue weighted by molar-refractivity contribution is -0.142. The van der Waals surface area contributed by atoms with Gasteiger partial charge in [-0.3, -0.25) is 4.79 Å². The van der Waals surface area contributed by atoms with Gasteiger partial charge in [-0.05, 0) is 46.1 Å². The highest BCUT2D eigenvalue weighted by molar-refractivity contribution is 5.75. The highest BCUT2D eigenvalue weighted by Gasteiger charge is 2.15. The lowest BCUT2D eigenvalue weighted by Crippen LogP contribution is -2.37. The second-order valence-electron chi connectivity index (χ2n) is 5.34. The number of ether oxygens (including phenoxy) is 2. The molecule has 0 aliphatic heterocycles. The Morgan fingerprint density at radius 1 is 1.24 bits per heavy atom. The number of nitrogens with zero attached hydrogens (tertiary/aromatic N) is 1. The van der Waals surface area contributed by atoms with E-state index >= 15 is 0 Å². The van der Waals surface area contributed by atoms with Gasteiger partial charge in [0.05, 0.1) is 13.7 Å². The molecule has 0 aromatic rings. The van der Waals surface area contributed by atoms with Crippen LogP contribution in [0.25, 0.3) is 0 Å². The Balaban J connectivity index is 4.04. The van der Waals surface area contributed by atoms with Crippen LogP contribution in [0.4, 0.5) is 0 Å². The van der Waals surface area contributed by atoms with E-state index < -0.39 is 6.04 Å². The Labute approximate surface area is 129 Å².